The van der Waals surface area contributed by atoms with Crippen molar-refractivity contribution in [3.05, 3.63) is 0 Å². The molecule has 15 nitrogen and oxygen atoms in total. The molecule has 0 saturated carbocycles. The summed E-state index contributed by atoms with van der Waals surface area (Å²) in [5.74, 6) is -0.654. The van der Waals surface area contributed by atoms with Crippen LogP contribution in [-0.4, -0.2) is 124 Å². The van der Waals surface area contributed by atoms with Gasteiger partial charge in [0.05, 0.1) is 13.2 Å². The molecule has 0 aliphatic carbocycles. The minimum Gasteiger partial charge on any atom is -0.726 e. The Morgan fingerprint density at radius 1 is 1.03 bits per heavy atom. The molecule has 17 heteroatoms. The quantitative estimate of drug-likeness (QED) is 0.101. The van der Waals surface area contributed by atoms with Crippen LogP contribution >= 0.6 is 0 Å². The normalized spacial score (nSPS) is 41.3. The molecule has 176 valence electrons. The van der Waals surface area contributed by atoms with E-state index in [1.807, 2.05) is 0 Å². The van der Waals surface area contributed by atoms with E-state index in [2.05, 4.69) is 9.50 Å². The predicted molar refractivity (Wildman–Crippen MR) is 88.8 cm³/mol. The molecular formula is C14H24NNaO14S. The van der Waals surface area contributed by atoms with Crippen LogP contribution in [0.3, 0.4) is 0 Å². The summed E-state index contributed by atoms with van der Waals surface area (Å²) < 4.78 is 51.4. The molecule has 10 atom stereocenters. The number of carbonyl (C=O) groups excluding carboxylic acids is 1. The summed E-state index contributed by atoms with van der Waals surface area (Å²) in [5.41, 5.74) is 0. The summed E-state index contributed by atoms with van der Waals surface area (Å²) in [6.07, 6.45) is -15.5. The number of rotatable bonds is 7. The molecule has 1 amide bonds. The monoisotopic (exact) mass is 485 g/mol. The van der Waals surface area contributed by atoms with Crippen molar-refractivity contribution in [3.63, 3.8) is 0 Å². The van der Waals surface area contributed by atoms with Crippen LogP contribution in [-0.2, 0) is 33.6 Å². The maximum absolute atomic E-state index is 11.4. The van der Waals surface area contributed by atoms with Gasteiger partial charge >= 0.3 is 29.6 Å². The largest absolute Gasteiger partial charge is 1.00 e. The van der Waals surface area contributed by atoms with E-state index in [4.69, 9.17) is 14.2 Å². The number of aliphatic hydroxyl groups is 6. The fourth-order valence-electron chi connectivity index (χ4n) is 3.11. The second-order valence-electron chi connectivity index (χ2n) is 6.77. The SMILES string of the molecule is CC(=O)N[C@@H]1[C@@H](O[C@@H]2O[C@H](COS(=O)(=O)[O-])[C@@H](O)[C@H](O)[C@H]2O)[C@H](O)[C@@H](CO)O[C@H]1O.[Na+]. The van der Waals surface area contributed by atoms with Gasteiger partial charge in [0, 0.05) is 6.92 Å². The molecule has 0 unspecified atom stereocenters. The molecule has 31 heavy (non-hydrogen) atoms. The van der Waals surface area contributed by atoms with E-state index >= 15 is 0 Å². The van der Waals surface area contributed by atoms with Gasteiger partial charge in [-0.2, -0.15) is 0 Å². The Kier molecular flexibility index (Phi) is 11.1. The number of hydrogen-bond acceptors (Lipinski definition) is 14. The third kappa shape index (κ3) is 7.49. The Labute approximate surface area is 199 Å². The first-order chi connectivity index (χ1) is 13.9. The van der Waals surface area contributed by atoms with Crippen LogP contribution in [0.2, 0.25) is 0 Å². The van der Waals surface area contributed by atoms with Crippen LogP contribution in [0.15, 0.2) is 0 Å². The zero-order chi connectivity index (χ0) is 22.8. The molecule has 0 aromatic heterocycles. The molecule has 2 rings (SSSR count). The van der Waals surface area contributed by atoms with Crippen molar-refractivity contribution >= 4 is 16.3 Å². The van der Waals surface area contributed by atoms with Gasteiger partial charge in [-0.15, -0.1) is 0 Å². The van der Waals surface area contributed by atoms with Crippen LogP contribution in [0.1, 0.15) is 6.92 Å². The Bertz CT molecular complexity index is 696. The van der Waals surface area contributed by atoms with Gasteiger partial charge in [0.15, 0.2) is 12.6 Å². The van der Waals surface area contributed by atoms with Gasteiger partial charge in [0.2, 0.25) is 16.3 Å². The number of nitrogens with one attached hydrogen (secondary N) is 1. The molecule has 2 aliphatic heterocycles. The number of aliphatic hydroxyl groups excluding tert-OH is 6. The maximum Gasteiger partial charge on any atom is 1.00 e. The molecule has 2 saturated heterocycles. The third-order valence-electron chi connectivity index (χ3n) is 4.58. The molecule has 0 aromatic carbocycles. The first-order valence-corrected chi connectivity index (χ1v) is 10.0. The predicted octanol–water partition coefficient (Wildman–Crippen LogP) is -8.76. The number of ether oxygens (including phenoxy) is 3. The molecule has 2 fully saturated rings. The van der Waals surface area contributed by atoms with Crippen molar-refractivity contribution in [2.45, 2.75) is 68.3 Å². The van der Waals surface area contributed by atoms with E-state index in [9.17, 15) is 48.4 Å². The van der Waals surface area contributed by atoms with Gasteiger partial charge in [0.1, 0.15) is 48.8 Å². The van der Waals surface area contributed by atoms with Crippen LogP contribution in [0.25, 0.3) is 0 Å². The van der Waals surface area contributed by atoms with Gasteiger partial charge in [-0.3, -0.25) is 8.98 Å². The molecule has 7 N–H and O–H groups in total. The zero-order valence-electron chi connectivity index (χ0n) is 16.5. The van der Waals surface area contributed by atoms with Crippen molar-refractivity contribution in [2.24, 2.45) is 0 Å². The third-order valence-corrected chi connectivity index (χ3v) is 5.00. The van der Waals surface area contributed by atoms with Gasteiger partial charge in [-0.05, 0) is 0 Å². The van der Waals surface area contributed by atoms with E-state index in [-0.39, 0.29) is 29.6 Å². The zero-order valence-corrected chi connectivity index (χ0v) is 19.4. The summed E-state index contributed by atoms with van der Waals surface area (Å²) in [6, 6.07) is -1.41. The fourth-order valence-corrected chi connectivity index (χ4v) is 3.41. The minimum atomic E-state index is -5.16. The number of hydrogen-bond donors (Lipinski definition) is 7. The van der Waals surface area contributed by atoms with E-state index in [0.29, 0.717) is 0 Å². The molecule has 0 radical (unpaired) electrons. The Hall–Kier alpha value is -0.0200. The van der Waals surface area contributed by atoms with Crippen molar-refractivity contribution in [1.29, 1.82) is 0 Å². The first-order valence-electron chi connectivity index (χ1n) is 8.70. The summed E-state index contributed by atoms with van der Waals surface area (Å²) in [5, 5.41) is 62.0. The van der Waals surface area contributed by atoms with Crippen molar-refractivity contribution in [2.75, 3.05) is 13.2 Å². The summed E-state index contributed by atoms with van der Waals surface area (Å²) >= 11 is 0. The minimum absolute atomic E-state index is 0. The fraction of sp³-hybridized carbons (Fsp3) is 0.929. The standard InChI is InChI=1S/C14H25NO14S.Na/c1-4(17)15-7-12(9(19)5(2-16)27-13(7)22)29-14-11(21)10(20)8(18)6(28-14)3-26-30(23,24)25;/h5-14,16,18-22H,2-3H2,1H3,(H,15,17)(H,23,24,25);/q;+1/p-1/t5-,6-,7-,8-,9-,10+,11-,12-,13-,14+;/m1./s1. The number of amides is 1. The van der Waals surface area contributed by atoms with Gasteiger partial charge < -0.3 is 54.7 Å². The Balaban J connectivity index is 0.00000480. The maximum atomic E-state index is 11.4. The summed E-state index contributed by atoms with van der Waals surface area (Å²) in [4.78, 5) is 11.4. The van der Waals surface area contributed by atoms with Crippen molar-refractivity contribution in [3.8, 4) is 0 Å². The van der Waals surface area contributed by atoms with Gasteiger partial charge in [0.25, 0.3) is 0 Å². The van der Waals surface area contributed by atoms with Crippen molar-refractivity contribution in [1.82, 2.24) is 5.32 Å². The summed E-state index contributed by atoms with van der Waals surface area (Å²) in [7, 11) is -5.16. The Morgan fingerprint density at radius 2 is 1.65 bits per heavy atom. The molecular weight excluding hydrogens is 461 g/mol. The van der Waals surface area contributed by atoms with E-state index in [0.717, 1.165) is 6.92 Å². The van der Waals surface area contributed by atoms with Crippen molar-refractivity contribution < 1.29 is 96.4 Å². The number of carbonyl (C=O) groups is 1. The summed E-state index contributed by atoms with van der Waals surface area (Å²) in [6.45, 7) is -0.681. The second-order valence-corrected chi connectivity index (χ2v) is 7.82. The molecule has 0 spiro atoms. The van der Waals surface area contributed by atoms with Crippen LogP contribution in [0, 0.1) is 0 Å². The molecule has 0 bridgehead atoms. The van der Waals surface area contributed by atoms with Crippen LogP contribution in [0.4, 0.5) is 0 Å². The van der Waals surface area contributed by atoms with Gasteiger partial charge in [-0.25, -0.2) is 8.42 Å². The Morgan fingerprint density at radius 3 is 2.16 bits per heavy atom. The average Bonchev–Trinajstić information content (AvgIpc) is 2.65. The molecule has 0 aromatic rings. The van der Waals surface area contributed by atoms with E-state index < -0.39 is 90.9 Å². The van der Waals surface area contributed by atoms with Crippen LogP contribution < -0.4 is 34.9 Å². The topological polar surface area (TPSA) is 245 Å². The van der Waals surface area contributed by atoms with E-state index in [1.165, 1.54) is 0 Å². The smallest absolute Gasteiger partial charge is 0.726 e. The van der Waals surface area contributed by atoms with Gasteiger partial charge in [-0.1, -0.05) is 0 Å². The van der Waals surface area contributed by atoms with E-state index in [1.54, 1.807) is 0 Å². The molecule has 2 aliphatic rings. The molecule has 2 heterocycles. The van der Waals surface area contributed by atoms with Crippen LogP contribution in [0.5, 0.6) is 0 Å². The average molecular weight is 485 g/mol. The first kappa shape index (κ1) is 29.0. The second kappa shape index (κ2) is 11.9.